The highest BCUT2D eigenvalue weighted by Crippen LogP contribution is 2.34. The Morgan fingerprint density at radius 2 is 2.00 bits per heavy atom. The van der Waals surface area contributed by atoms with Crippen molar-refractivity contribution in [3.63, 3.8) is 0 Å². The highest BCUT2D eigenvalue weighted by atomic mass is 35.5. The van der Waals surface area contributed by atoms with Crippen molar-refractivity contribution in [3.8, 4) is 5.75 Å². The molecule has 0 fully saturated rings. The molecule has 0 aromatic heterocycles. The molecule has 0 aliphatic carbocycles. The van der Waals surface area contributed by atoms with Crippen LogP contribution < -0.4 is 21.3 Å². The van der Waals surface area contributed by atoms with Crippen molar-refractivity contribution in [2.45, 2.75) is 20.0 Å². The molecular formula is C10H13Cl2N3O2. The van der Waals surface area contributed by atoms with E-state index in [4.69, 9.17) is 33.7 Å². The van der Waals surface area contributed by atoms with E-state index < -0.39 is 6.03 Å². The maximum absolute atomic E-state index is 10.6. The van der Waals surface area contributed by atoms with E-state index in [0.717, 1.165) is 0 Å². The van der Waals surface area contributed by atoms with Gasteiger partial charge in [-0.1, -0.05) is 23.2 Å². The van der Waals surface area contributed by atoms with E-state index in [1.807, 2.05) is 13.8 Å². The van der Waals surface area contributed by atoms with E-state index in [2.05, 4.69) is 10.9 Å². The first-order valence-corrected chi connectivity index (χ1v) is 5.63. The zero-order chi connectivity index (χ0) is 13.0. The van der Waals surface area contributed by atoms with Gasteiger partial charge in [-0.2, -0.15) is 0 Å². The van der Waals surface area contributed by atoms with Crippen molar-refractivity contribution in [1.29, 1.82) is 0 Å². The summed E-state index contributed by atoms with van der Waals surface area (Å²) in [5.74, 6) is 0.472. The fraction of sp³-hybridized carbons (Fsp3) is 0.300. The van der Waals surface area contributed by atoms with Crippen LogP contribution in [0.5, 0.6) is 5.75 Å². The van der Waals surface area contributed by atoms with Gasteiger partial charge in [-0.25, -0.2) is 4.79 Å². The van der Waals surface area contributed by atoms with Gasteiger partial charge in [0.1, 0.15) is 5.75 Å². The summed E-state index contributed by atoms with van der Waals surface area (Å²) in [6.45, 7) is 3.75. The molecule has 94 valence electrons. The van der Waals surface area contributed by atoms with Crippen molar-refractivity contribution in [2.24, 2.45) is 5.73 Å². The Kier molecular flexibility index (Phi) is 4.72. The van der Waals surface area contributed by atoms with Gasteiger partial charge in [0.05, 0.1) is 21.8 Å². The number of amides is 2. The first-order chi connectivity index (χ1) is 7.90. The quantitative estimate of drug-likeness (QED) is 0.741. The molecule has 0 atom stereocenters. The van der Waals surface area contributed by atoms with Crippen molar-refractivity contribution >= 4 is 34.9 Å². The van der Waals surface area contributed by atoms with Crippen LogP contribution in [0.1, 0.15) is 13.8 Å². The van der Waals surface area contributed by atoms with Crippen LogP contribution in [0.15, 0.2) is 12.1 Å². The zero-order valence-corrected chi connectivity index (χ0v) is 10.9. The van der Waals surface area contributed by atoms with Gasteiger partial charge < -0.3 is 10.5 Å². The number of ether oxygens (including phenoxy) is 1. The molecule has 0 aliphatic heterocycles. The van der Waals surface area contributed by atoms with Crippen LogP contribution in [0.25, 0.3) is 0 Å². The van der Waals surface area contributed by atoms with Gasteiger partial charge in [-0.3, -0.25) is 10.9 Å². The summed E-state index contributed by atoms with van der Waals surface area (Å²) in [5, 5.41) is 0.744. The smallest absolute Gasteiger partial charge is 0.330 e. The van der Waals surface area contributed by atoms with Crippen LogP contribution in [0.3, 0.4) is 0 Å². The molecule has 7 heteroatoms. The van der Waals surface area contributed by atoms with Crippen molar-refractivity contribution in [3.05, 3.63) is 22.2 Å². The minimum atomic E-state index is -0.720. The average Bonchev–Trinajstić information content (AvgIpc) is 2.19. The number of carbonyl (C=O) groups excluding carboxylic acids is 1. The SMILES string of the molecule is CC(C)Oc1cc(NNC(N)=O)c(Cl)cc1Cl. The molecule has 1 rings (SSSR count). The molecule has 4 N–H and O–H groups in total. The molecule has 1 aromatic carbocycles. The zero-order valence-electron chi connectivity index (χ0n) is 9.38. The van der Waals surface area contributed by atoms with Gasteiger partial charge in [-0.15, -0.1) is 0 Å². The van der Waals surface area contributed by atoms with Gasteiger partial charge in [0, 0.05) is 6.07 Å². The Labute approximate surface area is 109 Å². The van der Waals surface area contributed by atoms with Crippen molar-refractivity contribution in [2.75, 3.05) is 5.43 Å². The fourth-order valence-electron chi connectivity index (χ4n) is 1.10. The van der Waals surface area contributed by atoms with E-state index in [9.17, 15) is 4.79 Å². The summed E-state index contributed by atoms with van der Waals surface area (Å²) in [6.07, 6.45) is -0.0226. The van der Waals surface area contributed by atoms with Gasteiger partial charge in [0.2, 0.25) is 0 Å². The van der Waals surface area contributed by atoms with Crippen LogP contribution in [0.2, 0.25) is 10.0 Å². The van der Waals surface area contributed by atoms with Crippen LogP contribution >= 0.6 is 23.2 Å². The maximum atomic E-state index is 10.6. The van der Waals surface area contributed by atoms with E-state index in [1.54, 1.807) is 6.07 Å². The molecule has 1 aromatic rings. The fourth-order valence-corrected chi connectivity index (χ4v) is 1.57. The number of urea groups is 1. The highest BCUT2D eigenvalue weighted by Gasteiger charge is 2.10. The number of halogens is 2. The van der Waals surface area contributed by atoms with Gasteiger partial charge in [-0.05, 0) is 19.9 Å². The molecule has 0 spiro atoms. The molecular weight excluding hydrogens is 265 g/mol. The van der Waals surface area contributed by atoms with Crippen LogP contribution in [0, 0.1) is 0 Å². The predicted octanol–water partition coefficient (Wildman–Crippen LogP) is 2.78. The summed E-state index contributed by atoms with van der Waals surface area (Å²) >= 11 is 11.9. The van der Waals surface area contributed by atoms with Crippen molar-refractivity contribution in [1.82, 2.24) is 5.43 Å². The molecule has 0 saturated heterocycles. The molecule has 0 saturated carbocycles. The molecule has 0 heterocycles. The second-order valence-corrected chi connectivity index (χ2v) is 4.36. The van der Waals surface area contributed by atoms with Crippen LogP contribution in [-0.4, -0.2) is 12.1 Å². The Morgan fingerprint density at radius 3 is 2.53 bits per heavy atom. The summed E-state index contributed by atoms with van der Waals surface area (Å²) < 4.78 is 5.47. The lowest BCUT2D eigenvalue weighted by atomic mass is 10.3. The monoisotopic (exact) mass is 277 g/mol. The number of rotatable bonds is 4. The first kappa shape index (κ1) is 13.7. The second-order valence-electron chi connectivity index (χ2n) is 3.54. The Hall–Kier alpha value is -1.33. The van der Waals surface area contributed by atoms with Crippen LogP contribution in [-0.2, 0) is 0 Å². The summed E-state index contributed by atoms with van der Waals surface area (Å²) in [4.78, 5) is 10.6. The molecule has 0 bridgehead atoms. The number of primary amides is 1. The van der Waals surface area contributed by atoms with Crippen molar-refractivity contribution < 1.29 is 9.53 Å². The minimum Gasteiger partial charge on any atom is -0.489 e. The van der Waals surface area contributed by atoms with Gasteiger partial charge in [0.25, 0.3) is 0 Å². The number of benzene rings is 1. The molecule has 0 aliphatic rings. The Morgan fingerprint density at radius 1 is 1.35 bits per heavy atom. The van der Waals surface area contributed by atoms with E-state index in [1.165, 1.54) is 6.07 Å². The minimum absolute atomic E-state index is 0.0226. The summed E-state index contributed by atoms with van der Waals surface area (Å²) in [6, 6.07) is 2.38. The largest absolute Gasteiger partial charge is 0.489 e. The number of carbonyl (C=O) groups is 1. The molecule has 0 radical (unpaired) electrons. The topological polar surface area (TPSA) is 76.4 Å². The Balaban J connectivity index is 2.93. The number of anilines is 1. The Bertz CT molecular complexity index is 424. The molecule has 5 nitrogen and oxygen atoms in total. The third-order valence-electron chi connectivity index (χ3n) is 1.70. The third-order valence-corrected chi connectivity index (χ3v) is 2.31. The van der Waals surface area contributed by atoms with Gasteiger partial charge in [0.15, 0.2) is 0 Å². The number of hydrazine groups is 1. The normalized spacial score (nSPS) is 10.2. The highest BCUT2D eigenvalue weighted by molar-refractivity contribution is 6.37. The second kappa shape index (κ2) is 5.84. The maximum Gasteiger partial charge on any atom is 0.330 e. The average molecular weight is 278 g/mol. The summed E-state index contributed by atoms with van der Waals surface area (Å²) in [7, 11) is 0. The van der Waals surface area contributed by atoms with Crippen LogP contribution in [0.4, 0.5) is 10.5 Å². The standard InChI is InChI=1S/C10H13Cl2N3O2/c1-5(2)17-9-4-8(14-15-10(13)16)6(11)3-7(9)12/h3-5,14H,1-2H3,(H3,13,15,16). The lowest BCUT2D eigenvalue weighted by molar-refractivity contribution is 0.242. The summed E-state index contributed by atoms with van der Waals surface area (Å²) in [5.41, 5.74) is 10.1. The number of hydrogen-bond acceptors (Lipinski definition) is 3. The number of hydrogen-bond donors (Lipinski definition) is 3. The first-order valence-electron chi connectivity index (χ1n) is 4.87. The number of nitrogens with one attached hydrogen (secondary N) is 2. The van der Waals surface area contributed by atoms with E-state index in [0.29, 0.717) is 21.5 Å². The predicted molar refractivity (Wildman–Crippen MR) is 68.6 cm³/mol. The molecule has 0 unspecified atom stereocenters. The van der Waals surface area contributed by atoms with E-state index in [-0.39, 0.29) is 6.10 Å². The van der Waals surface area contributed by atoms with Gasteiger partial charge >= 0.3 is 6.03 Å². The van der Waals surface area contributed by atoms with E-state index >= 15 is 0 Å². The third kappa shape index (κ3) is 4.20. The lowest BCUT2D eigenvalue weighted by Gasteiger charge is -2.14. The lowest BCUT2D eigenvalue weighted by Crippen LogP contribution is -2.34. The number of nitrogens with two attached hydrogens (primary N) is 1. The molecule has 17 heavy (non-hydrogen) atoms. The molecule has 2 amide bonds.